The molecule has 1 aliphatic heterocycles. The molecule has 10 heteroatoms. The number of aromatic nitrogens is 2. The van der Waals surface area contributed by atoms with E-state index in [1.165, 1.54) is 0 Å². The predicted octanol–water partition coefficient (Wildman–Crippen LogP) is 1.12. The first-order valence-electron chi connectivity index (χ1n) is 10.5. The van der Waals surface area contributed by atoms with Gasteiger partial charge in [-0.15, -0.1) is 0 Å². The topological polar surface area (TPSA) is 121 Å². The number of urea groups is 1. The zero-order valence-corrected chi connectivity index (χ0v) is 17.9. The normalized spacial score (nSPS) is 16.1. The smallest absolute Gasteiger partial charge is 0.368 e. The van der Waals surface area contributed by atoms with Gasteiger partial charge < -0.3 is 25.8 Å². The number of carbonyl (C=O) groups is 2. The van der Waals surface area contributed by atoms with Crippen molar-refractivity contribution in [3.63, 3.8) is 0 Å². The van der Waals surface area contributed by atoms with Crippen LogP contribution in [0, 0.1) is 0 Å². The second-order valence-electron chi connectivity index (χ2n) is 8.12. The van der Waals surface area contributed by atoms with E-state index in [-0.39, 0.29) is 6.03 Å². The molecule has 2 heterocycles. The molecule has 10 nitrogen and oxygen atoms in total. The summed E-state index contributed by atoms with van der Waals surface area (Å²) in [7, 11) is 3.55. The highest BCUT2D eigenvalue weighted by molar-refractivity contribution is 5.97. The summed E-state index contributed by atoms with van der Waals surface area (Å²) in [4.78, 5) is 37.0. The number of H-pyrrole nitrogens is 1. The van der Waals surface area contributed by atoms with E-state index in [0.717, 1.165) is 37.3 Å². The molecule has 164 valence electrons. The number of amides is 3. The van der Waals surface area contributed by atoms with E-state index < -0.39 is 5.91 Å². The Hall–Kier alpha value is -3.56. The fourth-order valence-electron chi connectivity index (χ4n) is 3.53. The van der Waals surface area contributed by atoms with Gasteiger partial charge in [0, 0.05) is 52.0 Å². The summed E-state index contributed by atoms with van der Waals surface area (Å²) in [6.07, 6.45) is 3.71. The molecule has 0 radical (unpaired) electrons. The molecule has 2 fully saturated rings. The summed E-state index contributed by atoms with van der Waals surface area (Å²) >= 11 is 0. The Morgan fingerprint density at radius 2 is 1.81 bits per heavy atom. The number of anilines is 4. The van der Waals surface area contributed by atoms with Crippen LogP contribution in [0.4, 0.5) is 27.9 Å². The van der Waals surface area contributed by atoms with Crippen molar-refractivity contribution in [1.82, 2.24) is 14.8 Å². The molecule has 2 aliphatic rings. The number of hydrogen-bond acceptors (Lipinski definition) is 6. The van der Waals surface area contributed by atoms with Gasteiger partial charge in [-0.3, -0.25) is 4.79 Å². The molecule has 31 heavy (non-hydrogen) atoms. The van der Waals surface area contributed by atoms with Crippen molar-refractivity contribution in [1.29, 1.82) is 0 Å². The SMILES string of the molecule is CN(C)C(=O)N1CCN(c2ccc(Nc3nc(NC4CC4)c(C(N)=O)c[nH+]3)cc2)CC1. The van der Waals surface area contributed by atoms with E-state index in [4.69, 9.17) is 5.73 Å². The van der Waals surface area contributed by atoms with Gasteiger partial charge in [-0.1, -0.05) is 4.98 Å². The molecule has 1 aromatic heterocycles. The second-order valence-corrected chi connectivity index (χ2v) is 8.12. The predicted molar refractivity (Wildman–Crippen MR) is 119 cm³/mol. The summed E-state index contributed by atoms with van der Waals surface area (Å²) in [5.74, 6) is 0.505. The number of benzene rings is 1. The average molecular weight is 426 g/mol. The van der Waals surface area contributed by atoms with E-state index in [1.54, 1.807) is 25.2 Å². The minimum Gasteiger partial charge on any atom is -0.368 e. The minimum absolute atomic E-state index is 0.0563. The lowest BCUT2D eigenvalue weighted by Gasteiger charge is -2.37. The quantitative estimate of drug-likeness (QED) is 0.638. The van der Waals surface area contributed by atoms with Crippen LogP contribution in [0.5, 0.6) is 0 Å². The Kier molecular flexibility index (Phi) is 5.79. The number of nitrogens with zero attached hydrogens (tertiary/aromatic N) is 4. The van der Waals surface area contributed by atoms with Crippen molar-refractivity contribution in [3.05, 3.63) is 36.0 Å². The molecule has 0 bridgehead atoms. The number of carbonyl (C=O) groups excluding carboxylic acids is 2. The van der Waals surface area contributed by atoms with Crippen LogP contribution in [0.2, 0.25) is 0 Å². The summed E-state index contributed by atoms with van der Waals surface area (Å²) in [5, 5.41) is 6.49. The standard InChI is InChI=1S/C21H28N8O2/c1-27(2)21(31)29-11-9-28(10-12-29)16-7-5-15(6-8-16)25-20-23-13-17(18(22)30)19(26-20)24-14-3-4-14/h5-8,13-14H,3-4,9-12H2,1-2H3,(H2,22,30)(H2,23,24,25,26)/p+1. The van der Waals surface area contributed by atoms with Gasteiger partial charge in [0.05, 0.1) is 11.9 Å². The summed E-state index contributed by atoms with van der Waals surface area (Å²) < 4.78 is 0. The molecule has 1 aromatic carbocycles. The van der Waals surface area contributed by atoms with Gasteiger partial charge in [0.25, 0.3) is 5.91 Å². The molecule has 1 saturated carbocycles. The number of hydrogen-bond donors (Lipinski definition) is 3. The molecule has 0 spiro atoms. The Labute approximate surface area is 181 Å². The zero-order chi connectivity index (χ0) is 22.0. The third-order valence-corrected chi connectivity index (χ3v) is 5.44. The van der Waals surface area contributed by atoms with Crippen LogP contribution in [-0.4, -0.2) is 73.0 Å². The molecule has 0 unspecified atom stereocenters. The van der Waals surface area contributed by atoms with E-state index in [0.29, 0.717) is 36.5 Å². The molecule has 1 saturated heterocycles. The van der Waals surface area contributed by atoms with Crippen molar-refractivity contribution >= 4 is 35.1 Å². The first kappa shape index (κ1) is 20.7. The molecular weight excluding hydrogens is 396 g/mol. The lowest BCUT2D eigenvalue weighted by atomic mass is 10.2. The highest BCUT2D eigenvalue weighted by Crippen LogP contribution is 2.26. The number of nitrogens with two attached hydrogens (primary N) is 1. The van der Waals surface area contributed by atoms with E-state index in [1.807, 2.05) is 29.2 Å². The van der Waals surface area contributed by atoms with Gasteiger partial charge in [-0.25, -0.2) is 15.1 Å². The van der Waals surface area contributed by atoms with Gasteiger partial charge in [0.1, 0.15) is 5.56 Å². The van der Waals surface area contributed by atoms with E-state index >= 15 is 0 Å². The van der Waals surface area contributed by atoms with Gasteiger partial charge in [-0.05, 0) is 37.1 Å². The first-order chi connectivity index (χ1) is 14.9. The van der Waals surface area contributed by atoms with Crippen molar-refractivity contribution in [3.8, 4) is 0 Å². The van der Waals surface area contributed by atoms with Crippen LogP contribution in [-0.2, 0) is 0 Å². The fraction of sp³-hybridized carbons (Fsp3) is 0.429. The lowest BCUT2D eigenvalue weighted by molar-refractivity contribution is -0.364. The zero-order valence-electron chi connectivity index (χ0n) is 17.9. The third kappa shape index (κ3) is 4.96. The molecular formula is C21H29N8O2+. The molecule has 4 rings (SSSR count). The number of piperazine rings is 1. The van der Waals surface area contributed by atoms with Crippen LogP contribution < -0.4 is 26.3 Å². The number of rotatable bonds is 6. The monoisotopic (exact) mass is 425 g/mol. The van der Waals surface area contributed by atoms with Crippen LogP contribution in [0.1, 0.15) is 23.2 Å². The van der Waals surface area contributed by atoms with Gasteiger partial charge in [0.15, 0.2) is 0 Å². The molecule has 3 amide bonds. The Morgan fingerprint density at radius 3 is 2.39 bits per heavy atom. The molecule has 5 N–H and O–H groups in total. The lowest BCUT2D eigenvalue weighted by Crippen LogP contribution is -2.51. The average Bonchev–Trinajstić information content (AvgIpc) is 3.58. The third-order valence-electron chi connectivity index (χ3n) is 5.44. The van der Waals surface area contributed by atoms with Crippen molar-refractivity contribution in [2.45, 2.75) is 18.9 Å². The Balaban J connectivity index is 1.39. The molecule has 0 atom stereocenters. The summed E-state index contributed by atoms with van der Waals surface area (Å²) in [6.45, 7) is 3.01. The van der Waals surface area contributed by atoms with Crippen LogP contribution in [0.3, 0.4) is 0 Å². The Bertz CT molecular complexity index is 950. The van der Waals surface area contributed by atoms with Crippen LogP contribution in [0.15, 0.2) is 30.5 Å². The van der Waals surface area contributed by atoms with Gasteiger partial charge in [0.2, 0.25) is 5.82 Å². The highest BCUT2D eigenvalue weighted by Gasteiger charge is 2.27. The van der Waals surface area contributed by atoms with Crippen molar-refractivity contribution in [2.24, 2.45) is 5.73 Å². The minimum atomic E-state index is -0.518. The summed E-state index contributed by atoms with van der Waals surface area (Å²) in [5.41, 5.74) is 7.78. The van der Waals surface area contributed by atoms with Gasteiger partial charge in [-0.2, -0.15) is 0 Å². The maximum Gasteiger partial charge on any atom is 0.396 e. The van der Waals surface area contributed by atoms with Crippen LogP contribution in [0.25, 0.3) is 0 Å². The number of primary amides is 1. The second kappa shape index (κ2) is 8.66. The van der Waals surface area contributed by atoms with Crippen molar-refractivity contribution in [2.75, 3.05) is 55.8 Å². The fourth-order valence-corrected chi connectivity index (χ4v) is 3.53. The molecule has 2 aromatic rings. The maximum absolute atomic E-state index is 12.1. The number of nitrogens with one attached hydrogen (secondary N) is 3. The van der Waals surface area contributed by atoms with E-state index in [9.17, 15) is 9.59 Å². The Morgan fingerprint density at radius 1 is 1.13 bits per heavy atom. The molecule has 1 aliphatic carbocycles. The van der Waals surface area contributed by atoms with E-state index in [2.05, 4.69) is 25.5 Å². The van der Waals surface area contributed by atoms with Gasteiger partial charge >= 0.3 is 12.0 Å². The van der Waals surface area contributed by atoms with Crippen LogP contribution >= 0.6 is 0 Å². The summed E-state index contributed by atoms with van der Waals surface area (Å²) in [6, 6.07) is 8.48. The maximum atomic E-state index is 12.1. The number of aromatic amines is 1. The first-order valence-corrected chi connectivity index (χ1v) is 10.5. The van der Waals surface area contributed by atoms with Crippen molar-refractivity contribution < 1.29 is 14.6 Å². The largest absolute Gasteiger partial charge is 0.396 e. The highest BCUT2D eigenvalue weighted by atomic mass is 16.2.